The zero-order valence-corrected chi connectivity index (χ0v) is 12.4. The van der Waals surface area contributed by atoms with Gasteiger partial charge >= 0.3 is 0 Å². The van der Waals surface area contributed by atoms with Crippen LogP contribution in [0.3, 0.4) is 0 Å². The van der Waals surface area contributed by atoms with Crippen LogP contribution in [0.4, 0.5) is 0 Å². The van der Waals surface area contributed by atoms with Crippen molar-refractivity contribution >= 4 is 5.91 Å². The Morgan fingerprint density at radius 1 is 1.48 bits per heavy atom. The van der Waals surface area contributed by atoms with Gasteiger partial charge in [0, 0.05) is 31.8 Å². The molecule has 6 heteroatoms. The molecule has 1 aliphatic heterocycles. The van der Waals surface area contributed by atoms with Crippen LogP contribution >= 0.6 is 0 Å². The molecule has 0 aromatic heterocycles. The first kappa shape index (κ1) is 15.6. The number of nitrogens with zero attached hydrogens (tertiary/aromatic N) is 1. The van der Waals surface area contributed by atoms with Crippen LogP contribution in [0.5, 0.6) is 11.5 Å². The second-order valence-corrected chi connectivity index (χ2v) is 5.16. The minimum absolute atomic E-state index is 0.0413. The van der Waals surface area contributed by atoms with Crippen LogP contribution in [-0.2, 0) is 4.74 Å². The average Bonchev–Trinajstić information content (AvgIpc) is 2.53. The van der Waals surface area contributed by atoms with E-state index < -0.39 is 0 Å². The SMILES string of the molecule is COc1ccc(C(=O)N2CCC(OC)CC2CN)cc1O. The van der Waals surface area contributed by atoms with Crippen LogP contribution in [0.2, 0.25) is 0 Å². The van der Waals surface area contributed by atoms with Crippen molar-refractivity contribution in [2.75, 3.05) is 27.3 Å². The number of phenolic OH excluding ortho intramolecular Hbond substituents is 1. The number of hydrogen-bond donors (Lipinski definition) is 2. The fraction of sp³-hybridized carbons (Fsp3) is 0.533. The van der Waals surface area contributed by atoms with Crippen LogP contribution in [0.15, 0.2) is 18.2 Å². The van der Waals surface area contributed by atoms with Gasteiger partial charge in [0.15, 0.2) is 11.5 Å². The van der Waals surface area contributed by atoms with E-state index in [4.69, 9.17) is 15.2 Å². The summed E-state index contributed by atoms with van der Waals surface area (Å²) in [6.45, 7) is 1.000. The molecule has 0 aliphatic carbocycles. The molecule has 1 saturated heterocycles. The minimum Gasteiger partial charge on any atom is -0.504 e. The third-order valence-corrected chi connectivity index (χ3v) is 3.96. The van der Waals surface area contributed by atoms with Gasteiger partial charge in [-0.25, -0.2) is 0 Å². The Morgan fingerprint density at radius 3 is 2.81 bits per heavy atom. The van der Waals surface area contributed by atoms with E-state index in [2.05, 4.69) is 0 Å². The third-order valence-electron chi connectivity index (χ3n) is 3.96. The number of hydrogen-bond acceptors (Lipinski definition) is 5. The average molecular weight is 294 g/mol. The molecular weight excluding hydrogens is 272 g/mol. The lowest BCUT2D eigenvalue weighted by Crippen LogP contribution is -2.51. The largest absolute Gasteiger partial charge is 0.504 e. The number of rotatable bonds is 4. The van der Waals surface area contributed by atoms with Gasteiger partial charge in [0.05, 0.1) is 13.2 Å². The van der Waals surface area contributed by atoms with Gasteiger partial charge in [-0.2, -0.15) is 0 Å². The van der Waals surface area contributed by atoms with E-state index in [0.717, 1.165) is 12.8 Å². The molecular formula is C15H22N2O4. The van der Waals surface area contributed by atoms with E-state index in [0.29, 0.717) is 24.4 Å². The highest BCUT2D eigenvalue weighted by atomic mass is 16.5. The molecule has 6 nitrogen and oxygen atoms in total. The molecule has 116 valence electrons. The number of aromatic hydroxyl groups is 1. The molecule has 1 aliphatic rings. The number of phenols is 1. The molecule has 1 fully saturated rings. The number of nitrogens with two attached hydrogens (primary N) is 1. The second-order valence-electron chi connectivity index (χ2n) is 5.16. The van der Waals surface area contributed by atoms with Crippen molar-refractivity contribution < 1.29 is 19.4 Å². The van der Waals surface area contributed by atoms with Crippen LogP contribution in [0.1, 0.15) is 23.2 Å². The summed E-state index contributed by atoms with van der Waals surface area (Å²) in [4.78, 5) is 14.4. The van der Waals surface area contributed by atoms with Crippen molar-refractivity contribution in [3.63, 3.8) is 0 Å². The Morgan fingerprint density at radius 2 is 2.24 bits per heavy atom. The topological polar surface area (TPSA) is 85.0 Å². The van der Waals surface area contributed by atoms with Gasteiger partial charge in [-0.05, 0) is 31.0 Å². The van der Waals surface area contributed by atoms with Gasteiger partial charge in [0.2, 0.25) is 0 Å². The Balaban J connectivity index is 2.17. The van der Waals surface area contributed by atoms with Crippen LogP contribution in [-0.4, -0.2) is 55.4 Å². The van der Waals surface area contributed by atoms with E-state index in [9.17, 15) is 9.90 Å². The Hall–Kier alpha value is -1.79. The van der Waals surface area contributed by atoms with Crippen molar-refractivity contribution in [2.24, 2.45) is 5.73 Å². The molecule has 2 unspecified atom stereocenters. The monoisotopic (exact) mass is 294 g/mol. The minimum atomic E-state index is -0.127. The molecule has 0 spiro atoms. The van der Waals surface area contributed by atoms with Crippen LogP contribution in [0, 0.1) is 0 Å². The number of carbonyl (C=O) groups is 1. The van der Waals surface area contributed by atoms with Crippen molar-refractivity contribution in [3.05, 3.63) is 23.8 Å². The number of piperidine rings is 1. The molecule has 0 saturated carbocycles. The van der Waals surface area contributed by atoms with Crippen molar-refractivity contribution in [1.29, 1.82) is 0 Å². The summed E-state index contributed by atoms with van der Waals surface area (Å²) in [5, 5.41) is 9.80. The highest BCUT2D eigenvalue weighted by molar-refractivity contribution is 5.95. The number of ether oxygens (including phenoxy) is 2. The molecule has 3 N–H and O–H groups in total. The van der Waals surface area contributed by atoms with Crippen molar-refractivity contribution in [2.45, 2.75) is 25.0 Å². The zero-order chi connectivity index (χ0) is 15.4. The standard InChI is InChI=1S/C15H22N2O4/c1-20-12-5-6-17(11(8-12)9-16)15(19)10-3-4-14(21-2)13(18)7-10/h3-4,7,11-12,18H,5-6,8-9,16H2,1-2H3. The highest BCUT2D eigenvalue weighted by Gasteiger charge is 2.31. The maximum absolute atomic E-state index is 12.6. The molecule has 21 heavy (non-hydrogen) atoms. The number of benzene rings is 1. The summed E-state index contributed by atoms with van der Waals surface area (Å²) in [6, 6.07) is 4.62. The summed E-state index contributed by atoms with van der Waals surface area (Å²) in [7, 11) is 3.15. The Bertz CT molecular complexity index is 506. The first-order chi connectivity index (χ1) is 10.1. The molecule has 1 heterocycles. The normalized spacial score (nSPS) is 22.1. The molecule has 1 aromatic rings. The molecule has 1 amide bonds. The third kappa shape index (κ3) is 3.28. The van der Waals surface area contributed by atoms with Crippen LogP contribution < -0.4 is 10.5 Å². The Labute approximate surface area is 124 Å². The maximum Gasteiger partial charge on any atom is 0.254 e. The van der Waals surface area contributed by atoms with Gasteiger partial charge in [-0.15, -0.1) is 0 Å². The van der Waals surface area contributed by atoms with Crippen molar-refractivity contribution in [3.8, 4) is 11.5 Å². The maximum atomic E-state index is 12.6. The predicted octanol–water partition coefficient (Wildman–Crippen LogP) is 0.979. The summed E-state index contributed by atoms with van der Waals surface area (Å²) in [5.74, 6) is 0.178. The molecule has 0 radical (unpaired) electrons. The quantitative estimate of drug-likeness (QED) is 0.864. The van der Waals surface area contributed by atoms with Gasteiger partial charge in [0.25, 0.3) is 5.91 Å². The van der Waals surface area contributed by atoms with Crippen molar-refractivity contribution in [1.82, 2.24) is 4.90 Å². The summed E-state index contributed by atoms with van der Waals surface area (Å²) >= 11 is 0. The fourth-order valence-electron chi connectivity index (χ4n) is 2.71. The first-order valence-electron chi connectivity index (χ1n) is 7.01. The second kappa shape index (κ2) is 6.78. The molecule has 2 atom stereocenters. The Kier molecular flexibility index (Phi) is 5.03. The molecule has 2 rings (SSSR count). The molecule has 0 bridgehead atoms. The number of carbonyl (C=O) groups excluding carboxylic acids is 1. The van der Waals surface area contributed by atoms with E-state index in [1.165, 1.54) is 13.2 Å². The highest BCUT2D eigenvalue weighted by Crippen LogP contribution is 2.28. The van der Waals surface area contributed by atoms with Gasteiger partial charge in [-0.3, -0.25) is 4.79 Å². The number of amides is 1. The summed E-state index contributed by atoms with van der Waals surface area (Å²) in [6.07, 6.45) is 1.67. The van der Waals surface area contributed by atoms with E-state index in [-0.39, 0.29) is 23.8 Å². The van der Waals surface area contributed by atoms with E-state index >= 15 is 0 Å². The zero-order valence-electron chi connectivity index (χ0n) is 12.4. The van der Waals surface area contributed by atoms with Crippen LogP contribution in [0.25, 0.3) is 0 Å². The summed E-state index contributed by atoms with van der Waals surface area (Å²) < 4.78 is 10.3. The lowest BCUT2D eigenvalue weighted by molar-refractivity contribution is 0.0139. The van der Waals surface area contributed by atoms with Gasteiger partial charge in [-0.1, -0.05) is 0 Å². The number of methoxy groups -OCH3 is 2. The first-order valence-corrected chi connectivity index (χ1v) is 7.01. The van der Waals surface area contributed by atoms with E-state index in [1.807, 2.05) is 0 Å². The molecule has 1 aromatic carbocycles. The lowest BCUT2D eigenvalue weighted by atomic mass is 9.98. The lowest BCUT2D eigenvalue weighted by Gasteiger charge is -2.38. The number of likely N-dealkylation sites (tertiary alicyclic amines) is 1. The summed E-state index contributed by atoms with van der Waals surface area (Å²) in [5.41, 5.74) is 6.22. The smallest absolute Gasteiger partial charge is 0.254 e. The van der Waals surface area contributed by atoms with Gasteiger partial charge < -0.3 is 25.2 Å². The predicted molar refractivity (Wildman–Crippen MR) is 78.6 cm³/mol. The van der Waals surface area contributed by atoms with Gasteiger partial charge in [0.1, 0.15) is 0 Å². The fourth-order valence-corrected chi connectivity index (χ4v) is 2.71. The van der Waals surface area contributed by atoms with E-state index in [1.54, 1.807) is 24.1 Å².